The zero-order chi connectivity index (χ0) is 16.7. The first-order valence-corrected chi connectivity index (χ1v) is 9.96. The van der Waals surface area contributed by atoms with Crippen LogP contribution in [0.25, 0.3) is 0 Å². The molecule has 0 saturated heterocycles. The van der Waals surface area contributed by atoms with Gasteiger partial charge in [-0.05, 0) is 39.4 Å². The van der Waals surface area contributed by atoms with Gasteiger partial charge in [-0.3, -0.25) is 4.99 Å². The van der Waals surface area contributed by atoms with E-state index in [9.17, 15) is 0 Å². The molecule has 6 nitrogen and oxygen atoms in total. The van der Waals surface area contributed by atoms with Gasteiger partial charge in [-0.2, -0.15) is 0 Å². The van der Waals surface area contributed by atoms with Gasteiger partial charge in [-0.15, -0.1) is 10.2 Å². The molecule has 2 N–H and O–H groups in total. The van der Waals surface area contributed by atoms with Crippen LogP contribution in [0.1, 0.15) is 57.8 Å². The molecule has 1 aromatic rings. The van der Waals surface area contributed by atoms with Crippen LogP contribution < -0.4 is 5.73 Å². The Bertz CT molecular complexity index is 503. The average Bonchev–Trinajstić information content (AvgIpc) is 3.21. The summed E-state index contributed by atoms with van der Waals surface area (Å²) in [6, 6.07) is 0.590. The van der Waals surface area contributed by atoms with Crippen molar-refractivity contribution in [3.8, 4) is 0 Å². The number of aryl methyl sites for hydroxylation is 1. The van der Waals surface area contributed by atoms with Gasteiger partial charge in [-0.1, -0.05) is 24.6 Å². The third-order valence-corrected chi connectivity index (χ3v) is 5.17. The predicted octanol–water partition coefficient (Wildman–Crippen LogP) is 2.70. The number of nitrogens with zero attached hydrogens (tertiary/aromatic N) is 5. The van der Waals surface area contributed by atoms with Crippen LogP contribution in [0.3, 0.4) is 0 Å². The molecule has 7 heteroatoms. The summed E-state index contributed by atoms with van der Waals surface area (Å²) in [4.78, 5) is 6.57. The Balaban J connectivity index is 1.93. The summed E-state index contributed by atoms with van der Waals surface area (Å²) in [5.41, 5.74) is 6.01. The second-order valence-corrected chi connectivity index (χ2v) is 6.70. The van der Waals surface area contributed by atoms with Crippen LogP contribution in [0.15, 0.2) is 10.1 Å². The number of thioether (sulfide) groups is 1. The van der Waals surface area contributed by atoms with Gasteiger partial charge in [0.1, 0.15) is 5.82 Å². The predicted molar refractivity (Wildman–Crippen MR) is 97.0 cm³/mol. The summed E-state index contributed by atoms with van der Waals surface area (Å²) in [5.74, 6) is 1.76. The maximum absolute atomic E-state index is 6.01. The fraction of sp³-hybridized carbons (Fsp3) is 0.812. The van der Waals surface area contributed by atoms with Crippen molar-refractivity contribution < 1.29 is 0 Å². The van der Waals surface area contributed by atoms with E-state index in [1.54, 1.807) is 11.8 Å². The molecule has 2 rings (SSSR count). The van der Waals surface area contributed by atoms with Crippen molar-refractivity contribution in [1.29, 1.82) is 0 Å². The van der Waals surface area contributed by atoms with E-state index >= 15 is 0 Å². The van der Waals surface area contributed by atoms with Crippen molar-refractivity contribution in [2.24, 2.45) is 10.7 Å². The molecule has 0 bridgehead atoms. The van der Waals surface area contributed by atoms with Crippen molar-refractivity contribution in [2.45, 2.75) is 63.6 Å². The van der Waals surface area contributed by atoms with Gasteiger partial charge in [0.05, 0.1) is 0 Å². The van der Waals surface area contributed by atoms with E-state index in [4.69, 9.17) is 5.73 Å². The molecule has 1 heterocycles. The minimum absolute atomic E-state index is 0.590. The van der Waals surface area contributed by atoms with Gasteiger partial charge < -0.3 is 15.2 Å². The van der Waals surface area contributed by atoms with Gasteiger partial charge >= 0.3 is 0 Å². The van der Waals surface area contributed by atoms with E-state index in [1.807, 2.05) is 0 Å². The van der Waals surface area contributed by atoms with Crippen molar-refractivity contribution >= 4 is 17.7 Å². The monoisotopic (exact) mass is 338 g/mol. The largest absolute Gasteiger partial charge is 0.370 e. The van der Waals surface area contributed by atoms with E-state index < -0.39 is 0 Å². The minimum Gasteiger partial charge on any atom is -0.370 e. The third kappa shape index (κ3) is 4.62. The standard InChI is InChI=1S/C16H30N6S/c1-4-21(5-2)15(17)18-12-8-11-14-19-20-16(23-3)22(14)13-9-6-7-10-13/h13H,4-12H2,1-3H3,(H2,17,18). The van der Waals surface area contributed by atoms with Gasteiger partial charge in [0.2, 0.25) is 0 Å². The van der Waals surface area contributed by atoms with Crippen LogP contribution in [0.4, 0.5) is 0 Å². The highest BCUT2D eigenvalue weighted by Crippen LogP contribution is 2.33. The molecular weight excluding hydrogens is 308 g/mol. The second kappa shape index (κ2) is 9.15. The number of nitrogens with two attached hydrogens (primary N) is 1. The summed E-state index contributed by atoms with van der Waals surface area (Å²) in [5, 5.41) is 9.83. The Morgan fingerprint density at radius 1 is 1.30 bits per heavy atom. The van der Waals surface area contributed by atoms with E-state index in [0.29, 0.717) is 12.0 Å². The van der Waals surface area contributed by atoms with Crippen molar-refractivity contribution in [3.05, 3.63) is 5.82 Å². The lowest BCUT2D eigenvalue weighted by Crippen LogP contribution is -2.37. The fourth-order valence-electron chi connectivity index (χ4n) is 3.22. The summed E-state index contributed by atoms with van der Waals surface area (Å²) in [6.07, 6.45) is 9.10. The number of hydrogen-bond donors (Lipinski definition) is 1. The van der Waals surface area contributed by atoms with Crippen LogP contribution in [0, 0.1) is 0 Å². The maximum Gasteiger partial charge on any atom is 0.191 e. The summed E-state index contributed by atoms with van der Waals surface area (Å²) < 4.78 is 2.37. The molecule has 0 spiro atoms. The Morgan fingerprint density at radius 3 is 2.61 bits per heavy atom. The Hall–Kier alpha value is -1.24. The molecule has 0 aromatic carbocycles. The van der Waals surface area contributed by atoms with Crippen LogP contribution in [-0.4, -0.2) is 51.5 Å². The Labute approximate surface area is 143 Å². The first-order chi connectivity index (χ1) is 11.2. The van der Waals surface area contributed by atoms with Crippen molar-refractivity contribution in [3.63, 3.8) is 0 Å². The van der Waals surface area contributed by atoms with Crippen LogP contribution in [-0.2, 0) is 6.42 Å². The number of aromatic nitrogens is 3. The van der Waals surface area contributed by atoms with Crippen molar-refractivity contribution in [2.75, 3.05) is 25.9 Å². The fourth-order valence-corrected chi connectivity index (χ4v) is 3.80. The van der Waals surface area contributed by atoms with Gasteiger partial charge in [0.25, 0.3) is 0 Å². The first-order valence-electron chi connectivity index (χ1n) is 8.73. The van der Waals surface area contributed by atoms with E-state index in [-0.39, 0.29) is 0 Å². The normalized spacial score (nSPS) is 16.2. The Morgan fingerprint density at radius 2 is 2.00 bits per heavy atom. The number of hydrogen-bond acceptors (Lipinski definition) is 4. The molecule has 23 heavy (non-hydrogen) atoms. The summed E-state index contributed by atoms with van der Waals surface area (Å²) in [6.45, 7) is 6.74. The molecule has 1 aromatic heterocycles. The second-order valence-electron chi connectivity index (χ2n) is 5.93. The topological polar surface area (TPSA) is 72.3 Å². The highest BCUT2D eigenvalue weighted by atomic mass is 32.2. The molecule has 0 radical (unpaired) electrons. The molecule has 0 atom stereocenters. The molecule has 1 aliphatic carbocycles. The van der Waals surface area contributed by atoms with Crippen LogP contribution in [0.2, 0.25) is 0 Å². The van der Waals surface area contributed by atoms with E-state index in [1.165, 1.54) is 25.7 Å². The first kappa shape index (κ1) is 18.1. The van der Waals surface area contributed by atoms with Gasteiger partial charge in [-0.25, -0.2) is 0 Å². The highest BCUT2D eigenvalue weighted by Gasteiger charge is 2.23. The quantitative estimate of drug-likeness (QED) is 0.341. The van der Waals surface area contributed by atoms with E-state index in [2.05, 4.69) is 44.8 Å². The maximum atomic E-state index is 6.01. The zero-order valence-electron chi connectivity index (χ0n) is 14.7. The van der Waals surface area contributed by atoms with Gasteiger partial charge in [0.15, 0.2) is 11.1 Å². The lowest BCUT2D eigenvalue weighted by Gasteiger charge is -2.19. The number of guanidine groups is 1. The lowest BCUT2D eigenvalue weighted by molar-refractivity contribution is 0.455. The summed E-state index contributed by atoms with van der Waals surface area (Å²) >= 11 is 1.69. The minimum atomic E-state index is 0.590. The molecule has 1 aliphatic rings. The molecule has 0 unspecified atom stereocenters. The van der Waals surface area contributed by atoms with Gasteiger partial charge in [0, 0.05) is 32.1 Å². The molecule has 130 valence electrons. The Kier molecular flexibility index (Phi) is 7.20. The van der Waals surface area contributed by atoms with Crippen molar-refractivity contribution in [1.82, 2.24) is 19.7 Å². The summed E-state index contributed by atoms with van der Waals surface area (Å²) in [7, 11) is 0. The molecule has 0 amide bonds. The molecule has 0 aliphatic heterocycles. The number of aliphatic imine (C=N–C) groups is 1. The third-order valence-electron chi connectivity index (χ3n) is 4.53. The smallest absolute Gasteiger partial charge is 0.191 e. The van der Waals surface area contributed by atoms with E-state index in [0.717, 1.165) is 43.5 Å². The SMILES string of the molecule is CCN(CC)C(N)=NCCCc1nnc(SC)n1C1CCCC1. The van der Waals surface area contributed by atoms with Crippen LogP contribution in [0.5, 0.6) is 0 Å². The number of rotatable bonds is 8. The lowest BCUT2D eigenvalue weighted by atomic mass is 10.2. The van der Waals surface area contributed by atoms with Crippen LogP contribution >= 0.6 is 11.8 Å². The highest BCUT2D eigenvalue weighted by molar-refractivity contribution is 7.98. The molecule has 1 saturated carbocycles. The zero-order valence-corrected chi connectivity index (χ0v) is 15.5. The molecular formula is C16H30N6S. The average molecular weight is 339 g/mol. The molecule has 1 fully saturated rings.